The van der Waals surface area contributed by atoms with E-state index in [9.17, 15) is 9.59 Å². The first kappa shape index (κ1) is 34.9. The Labute approximate surface area is 312 Å². The SMILES string of the molecule is Cl.Cl.O=c1c(-c2nn3c(-c4cn(C5CC5)c5cc(N6CCNCC6)c(F)cc5c4=O)nnc3s2)cn(C2CC2)c2cc(N3CCNCC3)c(F)cc12. The molecule has 4 fully saturated rings. The number of halogens is 4. The van der Waals surface area contributed by atoms with Crippen molar-refractivity contribution in [2.24, 2.45) is 0 Å². The molecule has 4 aliphatic rings. The zero-order valence-electron chi connectivity index (χ0n) is 28.0. The number of rotatable bonds is 6. The molecular weight excluding hydrogens is 733 g/mol. The summed E-state index contributed by atoms with van der Waals surface area (Å²) in [6.07, 6.45) is 7.49. The van der Waals surface area contributed by atoms with Crippen molar-refractivity contribution in [3.05, 3.63) is 68.7 Å². The highest BCUT2D eigenvalue weighted by Gasteiger charge is 2.31. The fraction of sp³-hybridized carbons (Fsp3) is 0.400. The van der Waals surface area contributed by atoms with E-state index < -0.39 is 11.6 Å². The molecule has 2 aliphatic heterocycles. The molecule has 4 aromatic heterocycles. The van der Waals surface area contributed by atoms with Crippen LogP contribution in [0.15, 0.2) is 46.2 Å². The monoisotopic (exact) mass is 768 g/mol. The van der Waals surface area contributed by atoms with Crippen LogP contribution in [-0.2, 0) is 0 Å². The third-order valence-electron chi connectivity index (χ3n) is 10.5. The molecule has 10 rings (SSSR count). The molecule has 2 aliphatic carbocycles. The zero-order valence-corrected chi connectivity index (χ0v) is 30.4. The lowest BCUT2D eigenvalue weighted by Crippen LogP contribution is -2.43. The van der Waals surface area contributed by atoms with Crippen LogP contribution in [0.4, 0.5) is 20.2 Å². The van der Waals surface area contributed by atoms with Crippen molar-refractivity contribution >= 4 is 74.3 Å². The molecule has 2 aromatic carbocycles. The van der Waals surface area contributed by atoms with Crippen molar-refractivity contribution < 1.29 is 8.78 Å². The Morgan fingerprint density at radius 3 is 1.65 bits per heavy atom. The van der Waals surface area contributed by atoms with Crippen LogP contribution in [0.2, 0.25) is 0 Å². The third-order valence-corrected chi connectivity index (χ3v) is 11.4. The van der Waals surface area contributed by atoms with E-state index in [1.807, 2.05) is 22.1 Å². The number of nitrogens with zero attached hydrogens (tertiary/aromatic N) is 8. The van der Waals surface area contributed by atoms with Crippen LogP contribution < -0.4 is 31.3 Å². The van der Waals surface area contributed by atoms with Crippen LogP contribution >= 0.6 is 36.2 Å². The predicted octanol–water partition coefficient (Wildman–Crippen LogP) is 4.76. The predicted molar refractivity (Wildman–Crippen MR) is 204 cm³/mol. The van der Waals surface area contributed by atoms with E-state index in [2.05, 4.69) is 30.0 Å². The first-order chi connectivity index (χ1) is 24.4. The second-order valence-electron chi connectivity index (χ2n) is 13.8. The van der Waals surface area contributed by atoms with Gasteiger partial charge in [0.2, 0.25) is 10.4 Å². The van der Waals surface area contributed by atoms with Gasteiger partial charge in [0.15, 0.2) is 16.3 Å². The molecule has 2 saturated heterocycles. The molecule has 2 saturated carbocycles. The van der Waals surface area contributed by atoms with Gasteiger partial charge in [0, 0.05) is 87.6 Å². The lowest BCUT2D eigenvalue weighted by Gasteiger charge is -2.30. The highest BCUT2D eigenvalue weighted by atomic mass is 35.5. The van der Waals surface area contributed by atoms with Crippen molar-refractivity contribution in [1.29, 1.82) is 0 Å². The molecule has 0 bridgehead atoms. The van der Waals surface area contributed by atoms with Gasteiger partial charge in [-0.1, -0.05) is 11.3 Å². The minimum atomic E-state index is -0.432. The first-order valence-electron chi connectivity index (χ1n) is 17.3. The summed E-state index contributed by atoms with van der Waals surface area (Å²) in [5.41, 5.74) is 2.36. The number of hydrogen-bond acceptors (Lipinski definition) is 10. The summed E-state index contributed by atoms with van der Waals surface area (Å²) >= 11 is 1.19. The Morgan fingerprint density at radius 1 is 0.673 bits per heavy atom. The fourth-order valence-corrected chi connectivity index (χ4v) is 8.37. The minimum Gasteiger partial charge on any atom is -0.367 e. The van der Waals surface area contributed by atoms with Crippen LogP contribution in [0.5, 0.6) is 0 Å². The van der Waals surface area contributed by atoms with Gasteiger partial charge in [-0.2, -0.15) is 9.61 Å². The van der Waals surface area contributed by atoms with E-state index in [1.54, 1.807) is 12.3 Å². The number of fused-ring (bicyclic) bond motifs is 3. The summed E-state index contributed by atoms with van der Waals surface area (Å²) in [6, 6.07) is 6.75. The van der Waals surface area contributed by atoms with Crippen LogP contribution in [-0.4, -0.2) is 81.3 Å². The van der Waals surface area contributed by atoms with Gasteiger partial charge >= 0.3 is 0 Å². The lowest BCUT2D eigenvalue weighted by atomic mass is 10.1. The van der Waals surface area contributed by atoms with Crippen molar-refractivity contribution in [1.82, 2.24) is 39.6 Å². The van der Waals surface area contributed by atoms with Crippen molar-refractivity contribution in [2.45, 2.75) is 37.8 Å². The normalized spacial score (nSPS) is 17.9. The summed E-state index contributed by atoms with van der Waals surface area (Å²) < 4.78 is 36.9. The van der Waals surface area contributed by atoms with Crippen LogP contribution in [0.3, 0.4) is 0 Å². The van der Waals surface area contributed by atoms with Crippen molar-refractivity contribution in [2.75, 3.05) is 62.2 Å². The zero-order chi connectivity index (χ0) is 33.7. The molecule has 6 aromatic rings. The van der Waals surface area contributed by atoms with Crippen LogP contribution in [0.1, 0.15) is 37.8 Å². The molecule has 17 heteroatoms. The lowest BCUT2D eigenvalue weighted by molar-refractivity contribution is 0.566. The standard InChI is InChI=1S/C35H34F2N10O2S.2ClH/c36-25-13-21-27(15-29(25)43-9-5-38-6-10-43)45(19-1-2-19)17-23(31(21)48)33-40-41-35-47(33)42-34(50-35)24-18-46(20-3-4-20)28-16-30(44-11-7-39-8-12-44)26(37)14-22(28)32(24)49;;/h13-20,38-39H,1-12H2;2*1H. The van der Waals surface area contributed by atoms with Gasteiger partial charge in [-0.05, 0) is 49.9 Å². The highest BCUT2D eigenvalue weighted by molar-refractivity contribution is 7.19. The first-order valence-corrected chi connectivity index (χ1v) is 18.2. The Balaban J connectivity index is 0.00000193. The number of piperazine rings is 2. The maximum atomic E-state index is 15.6. The summed E-state index contributed by atoms with van der Waals surface area (Å²) in [5.74, 6) is -0.625. The second-order valence-corrected chi connectivity index (χ2v) is 14.7. The highest BCUT2D eigenvalue weighted by Crippen LogP contribution is 2.41. The van der Waals surface area contributed by atoms with E-state index in [4.69, 9.17) is 5.10 Å². The Kier molecular flexibility index (Phi) is 8.97. The van der Waals surface area contributed by atoms with E-state index in [-0.39, 0.29) is 64.5 Å². The molecule has 0 unspecified atom stereocenters. The van der Waals surface area contributed by atoms with E-state index in [0.717, 1.165) is 51.9 Å². The molecule has 6 heterocycles. The summed E-state index contributed by atoms with van der Waals surface area (Å²) in [5, 5.41) is 21.1. The summed E-state index contributed by atoms with van der Waals surface area (Å²) in [6.45, 7) is 5.85. The van der Waals surface area contributed by atoms with Gasteiger partial charge in [-0.25, -0.2) is 8.78 Å². The van der Waals surface area contributed by atoms with Crippen LogP contribution in [0, 0.1) is 11.6 Å². The number of aromatic nitrogens is 6. The van der Waals surface area contributed by atoms with Gasteiger partial charge in [0.1, 0.15) is 11.6 Å². The second kappa shape index (κ2) is 13.4. The van der Waals surface area contributed by atoms with E-state index in [1.165, 1.54) is 28.0 Å². The van der Waals surface area contributed by atoms with Gasteiger partial charge in [0.25, 0.3) is 0 Å². The van der Waals surface area contributed by atoms with E-state index in [0.29, 0.717) is 69.5 Å². The quantitative estimate of drug-likeness (QED) is 0.248. The largest absolute Gasteiger partial charge is 0.367 e. The number of hydrogen-bond donors (Lipinski definition) is 2. The number of anilines is 2. The molecule has 12 nitrogen and oxygen atoms in total. The van der Waals surface area contributed by atoms with Crippen LogP contribution in [0.25, 0.3) is 48.7 Å². The molecule has 272 valence electrons. The minimum absolute atomic E-state index is 0. The summed E-state index contributed by atoms with van der Waals surface area (Å²) in [4.78, 5) is 32.6. The van der Waals surface area contributed by atoms with Crippen molar-refractivity contribution in [3.8, 4) is 22.0 Å². The van der Waals surface area contributed by atoms with Gasteiger partial charge in [-0.3, -0.25) is 9.59 Å². The Bertz CT molecular complexity index is 2480. The maximum absolute atomic E-state index is 15.6. The number of nitrogens with one attached hydrogen (secondary N) is 2. The molecular formula is C35H36Cl2F2N10O2S. The average molecular weight is 770 g/mol. The fourth-order valence-electron chi connectivity index (χ4n) is 7.53. The molecule has 52 heavy (non-hydrogen) atoms. The molecule has 0 amide bonds. The number of benzene rings is 2. The van der Waals surface area contributed by atoms with Gasteiger partial charge < -0.3 is 29.6 Å². The molecule has 0 spiro atoms. The maximum Gasteiger partial charge on any atom is 0.235 e. The number of pyridine rings is 2. The van der Waals surface area contributed by atoms with Crippen molar-refractivity contribution in [3.63, 3.8) is 0 Å². The molecule has 0 radical (unpaired) electrons. The summed E-state index contributed by atoms with van der Waals surface area (Å²) in [7, 11) is 0. The average Bonchev–Trinajstić information content (AvgIpc) is 4.07. The molecule has 2 N–H and O–H groups in total. The molecule has 0 atom stereocenters. The Hall–Kier alpha value is -4.15. The topological polar surface area (TPSA) is 118 Å². The van der Waals surface area contributed by atoms with Gasteiger partial charge in [0.05, 0.1) is 33.5 Å². The third kappa shape index (κ3) is 5.73. The Morgan fingerprint density at radius 2 is 1.15 bits per heavy atom. The van der Waals surface area contributed by atoms with E-state index >= 15 is 8.78 Å². The smallest absolute Gasteiger partial charge is 0.235 e. The van der Waals surface area contributed by atoms with Gasteiger partial charge in [-0.15, -0.1) is 35.0 Å².